The van der Waals surface area contributed by atoms with Gasteiger partial charge in [-0.1, -0.05) is 0 Å². The monoisotopic (exact) mass is 1630 g/mol. The molecule has 10 aliphatic rings. The van der Waals surface area contributed by atoms with Gasteiger partial charge in [-0.15, -0.1) is 0 Å². The van der Waals surface area contributed by atoms with Crippen LogP contribution in [0, 0.1) is 0 Å². The Morgan fingerprint density at radius 2 is 0.378 bits per heavy atom. The molecule has 0 aliphatic carbocycles. The Morgan fingerprint density at radius 3 is 0.685 bits per heavy atom. The normalized spacial score (nSPS) is 53.7. The van der Waals surface area contributed by atoms with Crippen LogP contribution in [0.3, 0.4) is 0 Å². The van der Waals surface area contributed by atoms with Crippen LogP contribution in [0.5, 0.6) is 0 Å². The van der Waals surface area contributed by atoms with Gasteiger partial charge in [-0.25, -0.2) is 0 Å². The molecule has 50 atom stereocenters. The van der Waals surface area contributed by atoms with Gasteiger partial charge in [-0.3, -0.25) is 0 Å². The van der Waals surface area contributed by atoms with Crippen LogP contribution in [0.25, 0.3) is 0 Å². The summed E-state index contributed by atoms with van der Waals surface area (Å²) >= 11 is 0. The van der Waals surface area contributed by atoms with Crippen LogP contribution < -0.4 is 0 Å². The topological polar surface area (TPSA) is 771 Å². The van der Waals surface area contributed by atoms with Crippen molar-refractivity contribution < 1.29 is 243 Å². The Labute approximate surface area is 628 Å². The molecule has 0 saturated carbocycles. The highest BCUT2D eigenvalue weighted by atomic mass is 16.8. The summed E-state index contributed by atoms with van der Waals surface area (Å²) in [5.74, 6) is 0. The van der Waals surface area contributed by atoms with E-state index in [9.17, 15) is 148 Å². The fourth-order valence-electron chi connectivity index (χ4n) is 14.6. The molecular weight excluding hydrogens is 1530 g/mol. The van der Waals surface area contributed by atoms with Crippen molar-refractivity contribution in [3.05, 3.63) is 0 Å². The van der Waals surface area contributed by atoms with E-state index in [1.165, 1.54) is 13.8 Å². The lowest BCUT2D eigenvalue weighted by Gasteiger charge is -2.51. The number of aliphatic hydroxyl groups is 29. The molecular formula is C62H106O49. The highest BCUT2D eigenvalue weighted by Gasteiger charge is 2.62. The van der Waals surface area contributed by atoms with Crippen molar-refractivity contribution in [1.82, 2.24) is 0 Å². The van der Waals surface area contributed by atoms with E-state index in [1.54, 1.807) is 6.92 Å². The molecule has 0 amide bonds. The third kappa shape index (κ3) is 19.0. The fraction of sp³-hybridized carbons (Fsp3) is 1.00. The Morgan fingerprint density at radius 1 is 0.180 bits per heavy atom. The Hall–Kier alpha value is -1.96. The zero-order valence-electron chi connectivity index (χ0n) is 59.4. The zero-order chi connectivity index (χ0) is 81.4. The van der Waals surface area contributed by atoms with E-state index in [4.69, 9.17) is 94.7 Å². The molecule has 648 valence electrons. The molecule has 10 saturated heterocycles. The van der Waals surface area contributed by atoms with E-state index in [0.29, 0.717) is 0 Å². The number of rotatable bonds is 28. The van der Waals surface area contributed by atoms with Crippen molar-refractivity contribution in [2.75, 3.05) is 59.5 Å². The SMILES string of the molecule is CCO[C@@H]1OC(CO)[C@@H](O)[C@H](O[C@@H]2OC(C)[C@H](O)[C@H](O[C@@H]3OC(CO)[C@@H](O)[C@H](O[C@@H]4OC(CO)[C@@H](O)[C@H](O[C@@H]5OC(CO)[C@@H](O)[C@H](O[C@@H]6OC(C)[C@H](O)[C@H](O[C@@H]7OC(CO)[C@@H](O)[C@H](O[C@@H]8OC(CO)[C@@H](O)[C@H](O)C8O[C@H]8OC(CO)[C@@H](O)[C@H](O)C8O)C7O)C6O)C5O)C4O[C@H]4OC(CO)[C@@H](O)[C@H](O)C4O)C3O)C2O)C1O. The number of hydrogen-bond donors (Lipinski definition) is 29. The molecule has 49 heteroatoms. The molecule has 49 nitrogen and oxygen atoms in total. The number of hydrogen-bond acceptors (Lipinski definition) is 49. The van der Waals surface area contributed by atoms with Crippen LogP contribution in [0.2, 0.25) is 0 Å². The van der Waals surface area contributed by atoms with Gasteiger partial charge in [0.15, 0.2) is 62.9 Å². The van der Waals surface area contributed by atoms with E-state index >= 15 is 0 Å². The lowest BCUT2D eigenvalue weighted by molar-refractivity contribution is -0.415. The molecule has 29 N–H and O–H groups in total. The summed E-state index contributed by atoms with van der Waals surface area (Å²) in [6, 6.07) is 0. The highest BCUT2D eigenvalue weighted by Crippen LogP contribution is 2.42. The summed E-state index contributed by atoms with van der Waals surface area (Å²) in [5.41, 5.74) is 0. The third-order valence-corrected chi connectivity index (χ3v) is 21.1. The minimum absolute atomic E-state index is 0.0313. The second-order valence-corrected chi connectivity index (χ2v) is 28.4. The number of aliphatic hydroxyl groups excluding tert-OH is 29. The maximum atomic E-state index is 12.3. The molecule has 10 fully saturated rings. The lowest BCUT2D eigenvalue weighted by Crippen LogP contribution is -2.69. The van der Waals surface area contributed by atoms with Gasteiger partial charge in [0.25, 0.3) is 0 Å². The smallest absolute Gasteiger partial charge is 0.187 e. The van der Waals surface area contributed by atoms with Crippen LogP contribution in [0.1, 0.15) is 20.8 Å². The fourth-order valence-corrected chi connectivity index (χ4v) is 14.6. The molecule has 0 bridgehead atoms. The van der Waals surface area contributed by atoms with Gasteiger partial charge in [0.05, 0.1) is 65.1 Å². The molecule has 111 heavy (non-hydrogen) atoms. The van der Waals surface area contributed by atoms with E-state index in [2.05, 4.69) is 0 Å². The summed E-state index contributed by atoms with van der Waals surface area (Å²) in [5, 5.41) is 322. The molecule has 10 aliphatic heterocycles. The molecule has 0 aromatic rings. The van der Waals surface area contributed by atoms with E-state index in [-0.39, 0.29) is 6.61 Å². The van der Waals surface area contributed by atoms with Crippen LogP contribution in [-0.4, -0.2) is 515 Å². The summed E-state index contributed by atoms with van der Waals surface area (Å²) in [7, 11) is 0. The van der Waals surface area contributed by atoms with E-state index in [0.717, 1.165) is 0 Å². The summed E-state index contributed by atoms with van der Waals surface area (Å²) in [6.45, 7) is -4.63. The minimum Gasteiger partial charge on any atom is -0.394 e. The first-order chi connectivity index (χ1) is 52.7. The molecule has 0 spiro atoms. The Kier molecular flexibility index (Phi) is 32.5. The van der Waals surface area contributed by atoms with Crippen molar-refractivity contribution in [1.29, 1.82) is 0 Å². The second-order valence-electron chi connectivity index (χ2n) is 28.4. The van der Waals surface area contributed by atoms with Gasteiger partial charge >= 0.3 is 0 Å². The average molecular weight is 1640 g/mol. The quantitative estimate of drug-likeness (QED) is 0.0346. The van der Waals surface area contributed by atoms with Crippen LogP contribution >= 0.6 is 0 Å². The molecule has 0 aromatic carbocycles. The largest absolute Gasteiger partial charge is 0.394 e. The van der Waals surface area contributed by atoms with Gasteiger partial charge in [-0.2, -0.15) is 0 Å². The zero-order valence-corrected chi connectivity index (χ0v) is 59.4. The summed E-state index contributed by atoms with van der Waals surface area (Å²) < 4.78 is 116. The van der Waals surface area contributed by atoms with Gasteiger partial charge < -0.3 is 243 Å². The Balaban J connectivity index is 0.891. The van der Waals surface area contributed by atoms with Crippen LogP contribution in [-0.2, 0) is 94.7 Å². The molecule has 20 unspecified atom stereocenters. The maximum Gasteiger partial charge on any atom is 0.187 e. The standard InChI is InChI=1S/C62H106O49/c1-4-92-53-38(86)46(28(76)18(8-66)95-53)105-56-39(87)44(23(71)13(2)93-56)104-59-43(91)49(31(79)21(11-69)99-59)108-62-52(111-55-37(85)34(82)26(74)16(6-64)97-55)50(32(80)22(12-70)102-62)109-60-41(89)47(29(77)19(9-67)100-60)106-57-40(88)45(24(72)14(3)94-57)103-58-42(90)48(30(78)20(10-68)98-58)107-61-51(35(83)27(75)17(7-65)101-61)110-54-36(84)33(81)25(73)15(5-63)96-54/h13-91H,4-12H2,1-3H3/t13?,14?,15?,16?,17?,18?,19?,20?,21?,22?,23-,24-,25+,26+,27+,28+,29+,30+,31+,32+,33-,34-,35-,36?,37?,38?,39?,40?,41?,42?,43?,44-,45-,46-,47-,48-,49-,50-,51?,52?,53+,54+,55+,56-,57-,58-,59-,60-,61-,62-/m0/s1. The van der Waals surface area contributed by atoms with Crippen LogP contribution in [0.4, 0.5) is 0 Å². The minimum atomic E-state index is -2.49. The first kappa shape index (κ1) is 91.3. The first-order valence-electron chi connectivity index (χ1n) is 35.9. The maximum absolute atomic E-state index is 12.3. The van der Waals surface area contributed by atoms with Gasteiger partial charge in [-0.05, 0) is 20.8 Å². The average Bonchev–Trinajstić information content (AvgIpc) is 0.769. The van der Waals surface area contributed by atoms with Gasteiger partial charge in [0.1, 0.15) is 232 Å². The second kappa shape index (κ2) is 39.5. The molecule has 10 heterocycles. The van der Waals surface area contributed by atoms with Crippen molar-refractivity contribution in [3.8, 4) is 0 Å². The van der Waals surface area contributed by atoms with E-state index < -0.39 is 360 Å². The summed E-state index contributed by atoms with van der Waals surface area (Å²) in [4.78, 5) is 0. The highest BCUT2D eigenvalue weighted by molar-refractivity contribution is 5.04. The third-order valence-electron chi connectivity index (χ3n) is 21.1. The van der Waals surface area contributed by atoms with E-state index in [1.807, 2.05) is 0 Å². The first-order valence-corrected chi connectivity index (χ1v) is 35.9. The molecule has 10 rings (SSSR count). The van der Waals surface area contributed by atoms with Crippen molar-refractivity contribution in [3.63, 3.8) is 0 Å². The number of ether oxygens (including phenoxy) is 20. The predicted octanol–water partition coefficient (Wildman–Crippen LogP) is -19.7. The van der Waals surface area contributed by atoms with Gasteiger partial charge in [0, 0.05) is 6.61 Å². The van der Waals surface area contributed by atoms with Crippen molar-refractivity contribution in [2.45, 2.75) is 328 Å². The van der Waals surface area contributed by atoms with Crippen molar-refractivity contribution >= 4 is 0 Å². The molecule has 0 radical (unpaired) electrons. The summed E-state index contributed by atoms with van der Waals surface area (Å²) in [6.07, 6.45) is -103. The predicted molar refractivity (Wildman–Crippen MR) is 336 cm³/mol. The molecule has 0 aromatic heterocycles. The van der Waals surface area contributed by atoms with Crippen molar-refractivity contribution in [2.24, 2.45) is 0 Å². The van der Waals surface area contributed by atoms with Gasteiger partial charge in [0.2, 0.25) is 0 Å². The Bertz CT molecular complexity index is 2790. The lowest BCUT2D eigenvalue weighted by atomic mass is 9.94. The van der Waals surface area contributed by atoms with Crippen LogP contribution in [0.15, 0.2) is 0 Å².